The first-order valence-corrected chi connectivity index (χ1v) is 14.6. The monoisotopic (exact) mass is 544 g/mol. The summed E-state index contributed by atoms with van der Waals surface area (Å²) in [5.41, 5.74) is 6.79. The Bertz CT molecular complexity index is 1800. The number of carbonyl (C=O) groups excluding carboxylic acids is 1. The predicted molar refractivity (Wildman–Crippen MR) is 160 cm³/mol. The summed E-state index contributed by atoms with van der Waals surface area (Å²) in [4.78, 5) is 16.4. The molecule has 2 aliphatic heterocycles. The molecule has 5 nitrogen and oxygen atoms in total. The van der Waals surface area contributed by atoms with E-state index < -0.39 is 10.0 Å². The molecule has 0 bridgehead atoms. The van der Waals surface area contributed by atoms with E-state index >= 15 is 0 Å². The summed E-state index contributed by atoms with van der Waals surface area (Å²) in [5, 5.41) is 0. The molecular formula is C34H28N2O3S. The molecule has 0 radical (unpaired) electrons. The number of benzene rings is 4. The van der Waals surface area contributed by atoms with E-state index in [0.29, 0.717) is 16.8 Å². The lowest BCUT2D eigenvalue weighted by molar-refractivity contribution is 0.103. The zero-order valence-electron chi connectivity index (χ0n) is 22.3. The first-order valence-electron chi connectivity index (χ1n) is 13.2. The number of sulfonamides is 1. The molecule has 4 aromatic rings. The van der Waals surface area contributed by atoms with E-state index in [-0.39, 0.29) is 28.9 Å². The Hall–Kier alpha value is -4.55. The van der Waals surface area contributed by atoms with E-state index in [1.54, 1.807) is 48.5 Å². The largest absolute Gasteiger partial charge is 0.332 e. The van der Waals surface area contributed by atoms with Crippen LogP contribution in [0.3, 0.4) is 0 Å². The molecule has 40 heavy (non-hydrogen) atoms. The second kappa shape index (κ2) is 10.2. The van der Waals surface area contributed by atoms with Crippen molar-refractivity contribution in [3.05, 3.63) is 148 Å². The van der Waals surface area contributed by atoms with E-state index in [1.165, 1.54) is 0 Å². The van der Waals surface area contributed by atoms with Crippen LogP contribution < -0.4 is 4.90 Å². The number of allylic oxidation sites excluding steroid dienone is 2. The van der Waals surface area contributed by atoms with Crippen LogP contribution in [0.4, 0.5) is 5.69 Å². The van der Waals surface area contributed by atoms with Crippen molar-refractivity contribution in [3.63, 3.8) is 0 Å². The van der Waals surface area contributed by atoms with Crippen LogP contribution in [-0.2, 0) is 10.0 Å². The number of carbonyl (C=O) groups is 1. The van der Waals surface area contributed by atoms with Gasteiger partial charge in [-0.3, -0.25) is 4.79 Å². The van der Waals surface area contributed by atoms with Crippen LogP contribution in [-0.4, -0.2) is 19.9 Å². The summed E-state index contributed by atoms with van der Waals surface area (Å²) in [6.07, 6.45) is 4.15. The minimum Gasteiger partial charge on any atom is -0.332 e. The zero-order valence-corrected chi connectivity index (χ0v) is 23.1. The molecule has 0 N–H and O–H groups in total. The first-order chi connectivity index (χ1) is 19.3. The third-order valence-corrected chi connectivity index (χ3v) is 8.69. The van der Waals surface area contributed by atoms with E-state index in [2.05, 4.69) is 34.4 Å². The molecule has 6 rings (SSSR count). The Morgan fingerprint density at radius 1 is 0.800 bits per heavy atom. The molecule has 2 heterocycles. The second-order valence-corrected chi connectivity index (χ2v) is 11.8. The Morgan fingerprint density at radius 2 is 1.45 bits per heavy atom. The third kappa shape index (κ3) is 4.71. The number of fused-ring (bicyclic) bond motifs is 3. The molecule has 1 atom stereocenters. The Kier molecular flexibility index (Phi) is 6.56. The molecule has 0 saturated carbocycles. The van der Waals surface area contributed by atoms with Crippen molar-refractivity contribution in [2.75, 3.05) is 4.90 Å². The van der Waals surface area contributed by atoms with Crippen molar-refractivity contribution >= 4 is 33.3 Å². The van der Waals surface area contributed by atoms with E-state index in [0.717, 1.165) is 27.9 Å². The summed E-state index contributed by atoms with van der Waals surface area (Å²) in [6.45, 7) is 3.95. The fourth-order valence-corrected chi connectivity index (χ4v) is 6.43. The highest BCUT2D eigenvalue weighted by molar-refractivity contribution is 7.90. The molecule has 4 aromatic carbocycles. The van der Waals surface area contributed by atoms with Gasteiger partial charge in [0, 0.05) is 17.7 Å². The maximum absolute atomic E-state index is 14.1. The molecular weight excluding hydrogens is 516 g/mol. The van der Waals surface area contributed by atoms with E-state index in [1.807, 2.05) is 55.5 Å². The molecule has 0 fully saturated rings. The van der Waals surface area contributed by atoms with Gasteiger partial charge in [0.1, 0.15) is 0 Å². The normalized spacial score (nSPS) is 17.5. The van der Waals surface area contributed by atoms with Crippen molar-refractivity contribution in [1.29, 1.82) is 0 Å². The van der Waals surface area contributed by atoms with Crippen LogP contribution in [0.15, 0.2) is 130 Å². The smallest absolute Gasteiger partial charge is 0.282 e. The minimum absolute atomic E-state index is 0.0980. The van der Waals surface area contributed by atoms with Crippen LogP contribution in [0, 0.1) is 13.8 Å². The standard InChI is InChI=1S/C34H28N2O3S/c1-23-13-17-28(18-14-23)40(38,39)35-29-22-32(25-9-5-3-6-10-25)36-30-19-15-24(2)21-27(30)16-20-31(36)33(29)34(37)26-11-7-4-8-12-26/h3-21,32H,22H2,1-2H3/b35-29+. The Morgan fingerprint density at radius 3 is 2.15 bits per heavy atom. The number of Topliss-reactive ketones (excluding diaryl/α,β-unsaturated/α-hetero) is 1. The van der Waals surface area contributed by atoms with Gasteiger partial charge in [-0.05, 0) is 55.3 Å². The van der Waals surface area contributed by atoms with Crippen LogP contribution in [0.2, 0.25) is 0 Å². The lowest BCUT2D eigenvalue weighted by Crippen LogP contribution is -2.39. The fourth-order valence-electron chi connectivity index (χ4n) is 5.38. The number of ketones is 1. The van der Waals surface area contributed by atoms with Crippen LogP contribution in [0.25, 0.3) is 6.08 Å². The van der Waals surface area contributed by atoms with Gasteiger partial charge in [-0.1, -0.05) is 96.1 Å². The lowest BCUT2D eigenvalue weighted by Gasteiger charge is -2.42. The van der Waals surface area contributed by atoms with Gasteiger partial charge < -0.3 is 4.90 Å². The highest BCUT2D eigenvalue weighted by Crippen LogP contribution is 2.45. The summed E-state index contributed by atoms with van der Waals surface area (Å²) < 4.78 is 31.6. The Labute approximate surface area is 234 Å². The van der Waals surface area contributed by atoms with Crippen LogP contribution in [0.5, 0.6) is 0 Å². The minimum atomic E-state index is -4.08. The molecule has 198 valence electrons. The highest BCUT2D eigenvalue weighted by Gasteiger charge is 2.39. The van der Waals surface area contributed by atoms with Crippen LogP contribution in [0.1, 0.15) is 45.1 Å². The Balaban J connectivity index is 1.62. The summed E-state index contributed by atoms with van der Waals surface area (Å²) in [7, 11) is -4.08. The number of hydrogen-bond donors (Lipinski definition) is 0. The number of hydrogen-bond acceptors (Lipinski definition) is 4. The van der Waals surface area contributed by atoms with Gasteiger partial charge in [0.05, 0.1) is 27.9 Å². The average molecular weight is 545 g/mol. The molecule has 1 unspecified atom stereocenters. The van der Waals surface area contributed by atoms with E-state index in [9.17, 15) is 13.2 Å². The third-order valence-electron chi connectivity index (χ3n) is 7.36. The SMILES string of the molecule is Cc1ccc(S(=O)(=O)/N=C2\CC(c3ccccc3)N3C(=C2C(=O)c2ccccc2)C=Cc2cc(C)ccc23)cc1. The quantitative estimate of drug-likeness (QED) is 0.248. The van der Waals surface area contributed by atoms with E-state index in [4.69, 9.17) is 0 Å². The molecule has 0 spiro atoms. The lowest BCUT2D eigenvalue weighted by atomic mass is 9.84. The number of anilines is 1. The zero-order chi connectivity index (χ0) is 27.9. The number of nitrogens with zero attached hydrogens (tertiary/aromatic N) is 2. The fraction of sp³-hybridized carbons (Fsp3) is 0.118. The maximum atomic E-state index is 14.1. The predicted octanol–water partition coefficient (Wildman–Crippen LogP) is 7.25. The maximum Gasteiger partial charge on any atom is 0.282 e. The van der Waals surface area contributed by atoms with Crippen LogP contribution >= 0.6 is 0 Å². The number of aryl methyl sites for hydroxylation is 2. The van der Waals surface area contributed by atoms with Crippen molar-refractivity contribution in [2.45, 2.75) is 31.2 Å². The van der Waals surface area contributed by atoms with Crippen molar-refractivity contribution in [3.8, 4) is 0 Å². The van der Waals surface area contributed by atoms with Gasteiger partial charge in [-0.25, -0.2) is 0 Å². The van der Waals surface area contributed by atoms with Gasteiger partial charge in [0.15, 0.2) is 5.78 Å². The molecule has 6 heteroatoms. The van der Waals surface area contributed by atoms with Crippen molar-refractivity contribution in [1.82, 2.24) is 0 Å². The topological polar surface area (TPSA) is 66.8 Å². The van der Waals surface area contributed by atoms with Crippen molar-refractivity contribution < 1.29 is 13.2 Å². The van der Waals surface area contributed by atoms with Gasteiger partial charge in [-0.2, -0.15) is 12.8 Å². The van der Waals surface area contributed by atoms with Gasteiger partial charge in [0.2, 0.25) is 0 Å². The number of rotatable bonds is 5. The summed E-state index contributed by atoms with van der Waals surface area (Å²) in [6, 6.07) is 31.5. The second-order valence-electron chi connectivity index (χ2n) is 10.2. The molecule has 0 saturated heterocycles. The molecule has 0 amide bonds. The van der Waals surface area contributed by atoms with Gasteiger partial charge in [-0.15, -0.1) is 0 Å². The van der Waals surface area contributed by atoms with Gasteiger partial charge >= 0.3 is 0 Å². The molecule has 0 aliphatic carbocycles. The van der Waals surface area contributed by atoms with Gasteiger partial charge in [0.25, 0.3) is 10.0 Å². The summed E-state index contributed by atoms with van der Waals surface area (Å²) >= 11 is 0. The van der Waals surface area contributed by atoms with Crippen molar-refractivity contribution in [2.24, 2.45) is 4.40 Å². The summed E-state index contributed by atoms with van der Waals surface area (Å²) in [5.74, 6) is -0.259. The molecule has 2 aliphatic rings. The average Bonchev–Trinajstić information content (AvgIpc) is 2.97. The first kappa shape index (κ1) is 25.7. The molecule has 0 aromatic heterocycles. The highest BCUT2D eigenvalue weighted by atomic mass is 32.2.